The molecule has 0 aliphatic carbocycles. The van der Waals surface area contributed by atoms with Crippen LogP contribution in [-0.4, -0.2) is 31.3 Å². The minimum atomic E-state index is 0.705. The molecule has 2 aromatic heterocycles. The molecular weight excluding hydrogens is 254 g/mol. The van der Waals surface area contributed by atoms with Gasteiger partial charge in [0.1, 0.15) is 18.5 Å². The molecule has 0 radical (unpaired) electrons. The molecule has 1 aliphatic heterocycles. The van der Waals surface area contributed by atoms with Crippen molar-refractivity contribution in [1.29, 1.82) is 0 Å². The SMILES string of the molecule is Nc1ccc2c(N3CCn4cnnc4C3)ncnc2c1. The summed E-state index contributed by atoms with van der Waals surface area (Å²) in [6.07, 6.45) is 3.35. The lowest BCUT2D eigenvalue weighted by Crippen LogP contribution is -2.34. The van der Waals surface area contributed by atoms with Gasteiger partial charge in [-0.3, -0.25) is 0 Å². The van der Waals surface area contributed by atoms with Gasteiger partial charge in [-0.2, -0.15) is 0 Å². The molecule has 0 saturated heterocycles. The summed E-state index contributed by atoms with van der Waals surface area (Å²) in [6, 6.07) is 5.72. The van der Waals surface area contributed by atoms with E-state index in [1.807, 2.05) is 18.2 Å². The van der Waals surface area contributed by atoms with Gasteiger partial charge in [0, 0.05) is 24.2 Å². The predicted octanol–water partition coefficient (Wildman–Crippen LogP) is 0.824. The van der Waals surface area contributed by atoms with Gasteiger partial charge in [-0.15, -0.1) is 10.2 Å². The third kappa shape index (κ3) is 1.67. The van der Waals surface area contributed by atoms with E-state index in [-0.39, 0.29) is 0 Å². The average molecular weight is 267 g/mol. The van der Waals surface area contributed by atoms with Crippen molar-refractivity contribution < 1.29 is 0 Å². The van der Waals surface area contributed by atoms with Crippen molar-refractivity contribution in [2.24, 2.45) is 0 Å². The lowest BCUT2D eigenvalue weighted by atomic mass is 10.2. The summed E-state index contributed by atoms with van der Waals surface area (Å²) in [5, 5.41) is 9.09. The second-order valence-corrected chi connectivity index (χ2v) is 4.84. The Hall–Kier alpha value is -2.70. The van der Waals surface area contributed by atoms with Gasteiger partial charge in [-0.25, -0.2) is 9.97 Å². The van der Waals surface area contributed by atoms with Crippen LogP contribution in [0.25, 0.3) is 10.9 Å². The fraction of sp³-hybridized carbons (Fsp3) is 0.231. The van der Waals surface area contributed by atoms with Gasteiger partial charge in [0.15, 0.2) is 5.82 Å². The second kappa shape index (κ2) is 4.16. The maximum atomic E-state index is 5.81. The molecule has 4 rings (SSSR count). The number of aromatic nitrogens is 5. The summed E-state index contributed by atoms with van der Waals surface area (Å²) in [4.78, 5) is 10.9. The molecule has 0 fully saturated rings. The second-order valence-electron chi connectivity index (χ2n) is 4.84. The highest BCUT2D eigenvalue weighted by molar-refractivity contribution is 5.91. The molecule has 0 amide bonds. The number of fused-ring (bicyclic) bond motifs is 2. The number of hydrogen-bond donors (Lipinski definition) is 1. The highest BCUT2D eigenvalue weighted by Crippen LogP contribution is 2.26. The van der Waals surface area contributed by atoms with Crippen LogP contribution in [0.5, 0.6) is 0 Å². The van der Waals surface area contributed by atoms with Gasteiger partial charge in [0.2, 0.25) is 0 Å². The molecule has 0 bridgehead atoms. The summed E-state index contributed by atoms with van der Waals surface area (Å²) in [5.41, 5.74) is 7.38. The summed E-state index contributed by atoms with van der Waals surface area (Å²) >= 11 is 0. The van der Waals surface area contributed by atoms with Gasteiger partial charge in [-0.1, -0.05) is 0 Å². The summed E-state index contributed by atoms with van der Waals surface area (Å²) < 4.78 is 2.07. The standard InChI is InChI=1S/C13H13N7/c14-9-1-2-10-11(5-9)15-7-16-13(10)19-3-4-20-8-17-18-12(20)6-19/h1-2,5,7-8H,3-4,6,14H2. The molecule has 0 spiro atoms. The van der Waals surface area contributed by atoms with E-state index in [1.165, 1.54) is 0 Å². The van der Waals surface area contributed by atoms with Gasteiger partial charge in [0.05, 0.1) is 12.1 Å². The maximum Gasteiger partial charge on any atom is 0.152 e. The largest absolute Gasteiger partial charge is 0.399 e. The number of nitrogen functional groups attached to an aromatic ring is 1. The van der Waals surface area contributed by atoms with Gasteiger partial charge < -0.3 is 15.2 Å². The lowest BCUT2D eigenvalue weighted by molar-refractivity contribution is 0.557. The predicted molar refractivity (Wildman–Crippen MR) is 75.0 cm³/mol. The van der Waals surface area contributed by atoms with Crippen LogP contribution < -0.4 is 10.6 Å². The van der Waals surface area contributed by atoms with Crippen LogP contribution in [0, 0.1) is 0 Å². The first-order valence-corrected chi connectivity index (χ1v) is 6.43. The van der Waals surface area contributed by atoms with E-state index in [0.717, 1.165) is 35.6 Å². The molecule has 0 saturated carbocycles. The van der Waals surface area contributed by atoms with Crippen molar-refractivity contribution in [3.63, 3.8) is 0 Å². The Kier molecular flexibility index (Phi) is 2.32. The first-order valence-electron chi connectivity index (χ1n) is 6.43. The Morgan fingerprint density at radius 1 is 1.15 bits per heavy atom. The monoisotopic (exact) mass is 267 g/mol. The molecule has 7 heteroatoms. The van der Waals surface area contributed by atoms with Crippen molar-refractivity contribution >= 4 is 22.4 Å². The normalized spacial score (nSPS) is 14.5. The highest BCUT2D eigenvalue weighted by atomic mass is 15.3. The number of benzene rings is 1. The van der Waals surface area contributed by atoms with Crippen molar-refractivity contribution in [2.75, 3.05) is 17.2 Å². The van der Waals surface area contributed by atoms with Crippen LogP contribution in [0.1, 0.15) is 5.82 Å². The molecule has 3 aromatic rings. The van der Waals surface area contributed by atoms with E-state index in [2.05, 4.69) is 29.6 Å². The number of anilines is 2. The highest BCUT2D eigenvalue weighted by Gasteiger charge is 2.20. The zero-order valence-corrected chi connectivity index (χ0v) is 10.8. The zero-order chi connectivity index (χ0) is 13.5. The lowest BCUT2D eigenvalue weighted by Gasteiger charge is -2.28. The van der Waals surface area contributed by atoms with Crippen molar-refractivity contribution in [1.82, 2.24) is 24.7 Å². The maximum absolute atomic E-state index is 5.81. The number of nitrogens with two attached hydrogens (primary N) is 1. The molecule has 1 aliphatic rings. The molecule has 0 unspecified atom stereocenters. The molecule has 2 N–H and O–H groups in total. The van der Waals surface area contributed by atoms with Crippen molar-refractivity contribution in [2.45, 2.75) is 13.1 Å². The Balaban J connectivity index is 1.80. The molecule has 100 valence electrons. The number of rotatable bonds is 1. The minimum Gasteiger partial charge on any atom is -0.399 e. The minimum absolute atomic E-state index is 0.705. The van der Waals surface area contributed by atoms with E-state index in [9.17, 15) is 0 Å². The zero-order valence-electron chi connectivity index (χ0n) is 10.8. The van der Waals surface area contributed by atoms with Crippen molar-refractivity contribution in [3.8, 4) is 0 Å². The van der Waals surface area contributed by atoms with Crippen LogP contribution in [0.15, 0.2) is 30.9 Å². The first-order chi connectivity index (χ1) is 9.81. The Morgan fingerprint density at radius 2 is 2.10 bits per heavy atom. The van der Waals surface area contributed by atoms with E-state index in [4.69, 9.17) is 5.73 Å². The number of nitrogens with zero attached hydrogens (tertiary/aromatic N) is 6. The van der Waals surface area contributed by atoms with Crippen LogP contribution >= 0.6 is 0 Å². The Bertz CT molecular complexity index is 779. The molecule has 3 heterocycles. The van der Waals surface area contributed by atoms with Gasteiger partial charge in [-0.05, 0) is 18.2 Å². The average Bonchev–Trinajstić information content (AvgIpc) is 2.93. The Labute approximate surface area is 115 Å². The van der Waals surface area contributed by atoms with Crippen LogP contribution in [0.4, 0.5) is 11.5 Å². The quantitative estimate of drug-likeness (QED) is 0.657. The topological polar surface area (TPSA) is 85.8 Å². The van der Waals surface area contributed by atoms with Crippen LogP contribution in [-0.2, 0) is 13.1 Å². The fourth-order valence-corrected chi connectivity index (χ4v) is 2.56. The fourth-order valence-electron chi connectivity index (χ4n) is 2.56. The van der Waals surface area contributed by atoms with Crippen LogP contribution in [0.3, 0.4) is 0 Å². The van der Waals surface area contributed by atoms with Gasteiger partial charge in [0.25, 0.3) is 0 Å². The van der Waals surface area contributed by atoms with E-state index >= 15 is 0 Å². The summed E-state index contributed by atoms with van der Waals surface area (Å²) in [7, 11) is 0. The van der Waals surface area contributed by atoms with E-state index < -0.39 is 0 Å². The smallest absolute Gasteiger partial charge is 0.152 e. The first kappa shape index (κ1) is 11.2. The van der Waals surface area contributed by atoms with Gasteiger partial charge >= 0.3 is 0 Å². The summed E-state index contributed by atoms with van der Waals surface area (Å²) in [6.45, 7) is 2.45. The van der Waals surface area contributed by atoms with Crippen molar-refractivity contribution in [3.05, 3.63) is 36.7 Å². The van der Waals surface area contributed by atoms with E-state index in [0.29, 0.717) is 12.2 Å². The van der Waals surface area contributed by atoms with E-state index in [1.54, 1.807) is 12.7 Å². The summed E-state index contributed by atoms with van der Waals surface area (Å²) in [5.74, 6) is 1.88. The molecule has 0 atom stereocenters. The third-order valence-electron chi connectivity index (χ3n) is 3.58. The molecule has 20 heavy (non-hydrogen) atoms. The third-order valence-corrected chi connectivity index (χ3v) is 3.58. The molecule has 7 nitrogen and oxygen atoms in total. The molecular formula is C13H13N7. The number of hydrogen-bond acceptors (Lipinski definition) is 6. The van der Waals surface area contributed by atoms with Crippen LogP contribution in [0.2, 0.25) is 0 Å². The Morgan fingerprint density at radius 3 is 3.05 bits per heavy atom. The molecule has 1 aromatic carbocycles.